The van der Waals surface area contributed by atoms with Crippen LogP contribution in [0.15, 0.2) is 4.99 Å². The monoisotopic (exact) mass is 513 g/mol. The van der Waals surface area contributed by atoms with E-state index in [0.717, 1.165) is 12.3 Å². The summed E-state index contributed by atoms with van der Waals surface area (Å²) in [4.78, 5) is 30.6. The number of likely N-dealkylation sites (N-methyl/N-ethyl adjacent to an activating group) is 1. The highest BCUT2D eigenvalue weighted by Crippen LogP contribution is 2.20. The van der Waals surface area contributed by atoms with Gasteiger partial charge >= 0.3 is 6.09 Å². The smallest absolute Gasteiger partial charge is 0.413 e. The summed E-state index contributed by atoms with van der Waals surface area (Å²) in [5.41, 5.74) is -0.538. The largest absolute Gasteiger partial charge is 0.444 e. The molecule has 0 aliphatic carbocycles. The van der Waals surface area contributed by atoms with Crippen molar-refractivity contribution in [1.82, 2.24) is 10.2 Å². The Kier molecular flexibility index (Phi) is 19.4. The molecule has 0 spiro atoms. The van der Waals surface area contributed by atoms with Gasteiger partial charge in [0.2, 0.25) is 0 Å². The number of amidine groups is 1. The van der Waals surface area contributed by atoms with Gasteiger partial charge in [0.15, 0.2) is 5.78 Å². The predicted molar refractivity (Wildman–Crippen MR) is 153 cm³/mol. The van der Waals surface area contributed by atoms with E-state index < -0.39 is 11.7 Å². The number of hydrogen-bond acceptors (Lipinski definition) is 6. The van der Waals surface area contributed by atoms with Gasteiger partial charge in [0.05, 0.1) is 6.54 Å². The Labute approximate surface area is 220 Å². The Bertz CT molecular complexity index is 605. The molecule has 35 heavy (non-hydrogen) atoms. The first-order chi connectivity index (χ1) is 16.5. The molecule has 206 valence electrons. The predicted octanol–water partition coefficient (Wildman–Crippen LogP) is 7.46. The average Bonchev–Trinajstić information content (AvgIpc) is 2.73. The van der Waals surface area contributed by atoms with E-state index in [-0.39, 0.29) is 11.2 Å². The number of carbonyl (C=O) groups is 2. The Hall–Kier alpha value is -1.08. The second-order valence-corrected chi connectivity index (χ2v) is 12.1. The lowest BCUT2D eigenvalue weighted by molar-refractivity contribution is -0.119. The molecule has 2 atom stereocenters. The normalized spacial score (nSPS) is 14.1. The number of nitrogens with one attached hydrogen (secondary N) is 1. The number of Topliss-reactive ketones (excluding diaryl/α,β-unsaturated/α-hetero) is 1. The van der Waals surface area contributed by atoms with Gasteiger partial charge < -0.3 is 4.74 Å². The third kappa shape index (κ3) is 20.8. The van der Waals surface area contributed by atoms with Crippen molar-refractivity contribution in [3.8, 4) is 0 Å². The first-order valence-electron chi connectivity index (χ1n) is 13.8. The minimum Gasteiger partial charge on any atom is -0.444 e. The van der Waals surface area contributed by atoms with Crippen LogP contribution in [0, 0.1) is 5.92 Å². The van der Waals surface area contributed by atoms with Gasteiger partial charge in [0.1, 0.15) is 16.8 Å². The van der Waals surface area contributed by atoms with E-state index >= 15 is 0 Å². The van der Waals surface area contributed by atoms with Gasteiger partial charge in [-0.05, 0) is 54.0 Å². The van der Waals surface area contributed by atoms with E-state index in [1.165, 1.54) is 70.6 Å². The lowest BCUT2D eigenvalue weighted by atomic mass is 10.0. The number of alkyl carbamates (subject to hydrolysis) is 1. The molecule has 0 fully saturated rings. The first kappa shape index (κ1) is 33.9. The summed E-state index contributed by atoms with van der Waals surface area (Å²) < 4.78 is 5.23. The second-order valence-electron chi connectivity index (χ2n) is 10.9. The summed E-state index contributed by atoms with van der Waals surface area (Å²) in [6.45, 7) is 14.9. The van der Waals surface area contributed by atoms with Crippen molar-refractivity contribution in [2.75, 3.05) is 25.9 Å². The molecule has 0 aliphatic rings. The number of thioether (sulfide) groups is 1. The molecule has 0 rings (SSSR count). The van der Waals surface area contributed by atoms with Crippen molar-refractivity contribution in [1.29, 1.82) is 0 Å². The molecule has 1 N–H and O–H groups in total. The first-order valence-corrected chi connectivity index (χ1v) is 14.8. The van der Waals surface area contributed by atoms with Gasteiger partial charge in [0, 0.05) is 12.3 Å². The topological polar surface area (TPSA) is 71.0 Å². The van der Waals surface area contributed by atoms with Crippen LogP contribution in [0.25, 0.3) is 0 Å². The fourth-order valence-electron chi connectivity index (χ4n) is 4.08. The van der Waals surface area contributed by atoms with Crippen LogP contribution in [0.4, 0.5) is 4.79 Å². The molecule has 2 unspecified atom stereocenters. The van der Waals surface area contributed by atoms with E-state index in [0.29, 0.717) is 18.3 Å². The number of aliphatic imine (C=N–C) groups is 1. The fourth-order valence-corrected chi connectivity index (χ4v) is 5.08. The van der Waals surface area contributed by atoms with Crippen LogP contribution in [0.3, 0.4) is 0 Å². The van der Waals surface area contributed by atoms with Crippen molar-refractivity contribution in [2.45, 2.75) is 130 Å². The maximum absolute atomic E-state index is 12.2. The van der Waals surface area contributed by atoms with Crippen LogP contribution in [-0.2, 0) is 9.53 Å². The number of carbonyl (C=O) groups excluding carboxylic acids is 2. The van der Waals surface area contributed by atoms with Gasteiger partial charge in [-0.25, -0.2) is 4.79 Å². The third-order valence-electron chi connectivity index (χ3n) is 5.80. The van der Waals surface area contributed by atoms with Crippen LogP contribution < -0.4 is 5.32 Å². The van der Waals surface area contributed by atoms with Crippen molar-refractivity contribution in [3.63, 3.8) is 0 Å². The minimum absolute atomic E-state index is 0.153. The standard InChI is InChI=1S/C28H55N3O3S/c1-9-10-11-12-13-14-15-16-17-18-19-23(2)22-31(8)26(24(3)32)35-21-20-29-25(4)30-27(33)34-28(5,6)7/h23,26H,9-22H2,1-8H3,(H,29,30,33). The molecule has 0 aliphatic heterocycles. The molecule has 6 nitrogen and oxygen atoms in total. The fraction of sp³-hybridized carbons (Fsp3) is 0.893. The summed E-state index contributed by atoms with van der Waals surface area (Å²) >= 11 is 1.62. The SMILES string of the molecule is CCCCCCCCCCCCC(C)CN(C)C(SCCN=C(C)NC(=O)OC(C)(C)C)C(C)=O. The zero-order valence-electron chi connectivity index (χ0n) is 24.1. The molecular weight excluding hydrogens is 458 g/mol. The molecule has 0 aromatic carbocycles. The highest BCUT2D eigenvalue weighted by molar-refractivity contribution is 8.00. The molecule has 1 amide bonds. The Morgan fingerprint density at radius 3 is 2.03 bits per heavy atom. The van der Waals surface area contributed by atoms with E-state index in [4.69, 9.17) is 4.74 Å². The van der Waals surface area contributed by atoms with Crippen molar-refractivity contribution >= 4 is 29.5 Å². The van der Waals surface area contributed by atoms with Crippen LogP contribution in [0.2, 0.25) is 0 Å². The maximum atomic E-state index is 12.2. The summed E-state index contributed by atoms with van der Waals surface area (Å²) in [7, 11) is 2.05. The number of amides is 1. The van der Waals surface area contributed by atoms with Crippen molar-refractivity contribution < 1.29 is 14.3 Å². The van der Waals surface area contributed by atoms with Crippen LogP contribution in [0.5, 0.6) is 0 Å². The Morgan fingerprint density at radius 2 is 1.51 bits per heavy atom. The zero-order valence-corrected chi connectivity index (χ0v) is 24.9. The van der Waals surface area contributed by atoms with Gasteiger partial charge in [-0.15, -0.1) is 11.8 Å². The average molecular weight is 514 g/mol. The summed E-state index contributed by atoms with van der Waals surface area (Å²) in [5.74, 6) is 2.00. The third-order valence-corrected chi connectivity index (χ3v) is 7.22. The number of hydrogen-bond donors (Lipinski definition) is 1. The van der Waals surface area contributed by atoms with Gasteiger partial charge in [0.25, 0.3) is 0 Å². The van der Waals surface area contributed by atoms with E-state index in [1.807, 2.05) is 27.8 Å². The molecule has 7 heteroatoms. The van der Waals surface area contributed by atoms with E-state index in [9.17, 15) is 9.59 Å². The molecule has 0 radical (unpaired) electrons. The van der Waals surface area contributed by atoms with Crippen molar-refractivity contribution in [2.24, 2.45) is 10.9 Å². The Balaban J connectivity index is 4.13. The van der Waals surface area contributed by atoms with Gasteiger partial charge in [-0.3, -0.25) is 20.0 Å². The Morgan fingerprint density at radius 1 is 0.971 bits per heavy atom. The van der Waals surface area contributed by atoms with Crippen LogP contribution in [-0.4, -0.2) is 59.5 Å². The summed E-state index contributed by atoms with van der Waals surface area (Å²) in [5, 5.41) is 2.49. The number of nitrogens with zero attached hydrogens (tertiary/aromatic N) is 2. The summed E-state index contributed by atoms with van der Waals surface area (Å²) in [6.07, 6.45) is 14.4. The number of ketones is 1. The maximum Gasteiger partial charge on any atom is 0.413 e. The van der Waals surface area contributed by atoms with Gasteiger partial charge in [-0.1, -0.05) is 78.1 Å². The zero-order chi connectivity index (χ0) is 26.7. The van der Waals surface area contributed by atoms with Crippen LogP contribution in [0.1, 0.15) is 119 Å². The molecule has 0 saturated carbocycles. The minimum atomic E-state index is -0.538. The van der Waals surface area contributed by atoms with E-state index in [1.54, 1.807) is 25.6 Å². The number of rotatable bonds is 19. The second kappa shape index (κ2) is 20.0. The lowest BCUT2D eigenvalue weighted by Crippen LogP contribution is -2.38. The molecule has 0 aromatic rings. The highest BCUT2D eigenvalue weighted by atomic mass is 32.2. The number of unbranched alkanes of at least 4 members (excludes halogenated alkanes) is 9. The molecule has 0 aromatic heterocycles. The van der Waals surface area contributed by atoms with Crippen molar-refractivity contribution in [3.05, 3.63) is 0 Å². The van der Waals surface area contributed by atoms with E-state index in [2.05, 4.69) is 29.1 Å². The quantitative estimate of drug-likeness (QED) is 0.0840. The molecule has 0 heterocycles. The molecule has 0 bridgehead atoms. The van der Waals surface area contributed by atoms with Crippen LogP contribution >= 0.6 is 11.8 Å². The molecule has 0 saturated heterocycles. The summed E-state index contributed by atoms with van der Waals surface area (Å²) in [6, 6.07) is 0. The molecular formula is C28H55N3O3S. The number of ether oxygens (including phenoxy) is 1. The lowest BCUT2D eigenvalue weighted by Gasteiger charge is -2.28. The van der Waals surface area contributed by atoms with Gasteiger partial charge in [-0.2, -0.15) is 0 Å². The highest BCUT2D eigenvalue weighted by Gasteiger charge is 2.21.